The minimum atomic E-state index is -1.13. The van der Waals surface area contributed by atoms with Crippen molar-refractivity contribution in [1.82, 2.24) is 4.90 Å². The minimum absolute atomic E-state index is 0.260. The number of ether oxygens (including phenoxy) is 2. The molecule has 0 saturated carbocycles. The fourth-order valence-corrected chi connectivity index (χ4v) is 2.03. The normalized spacial score (nSPS) is 11.8. The Labute approximate surface area is 117 Å². The van der Waals surface area contributed by atoms with Crippen molar-refractivity contribution in [2.24, 2.45) is 0 Å². The monoisotopic (exact) mass is 281 g/mol. The van der Waals surface area contributed by atoms with Crippen molar-refractivity contribution in [1.29, 1.82) is 0 Å². The maximum atomic E-state index is 11.6. The van der Waals surface area contributed by atoms with E-state index in [0.717, 1.165) is 0 Å². The van der Waals surface area contributed by atoms with Crippen molar-refractivity contribution in [3.05, 3.63) is 23.8 Å². The molecule has 6 nitrogen and oxygen atoms in total. The zero-order valence-electron chi connectivity index (χ0n) is 12.0. The van der Waals surface area contributed by atoms with E-state index < -0.39 is 12.0 Å². The van der Waals surface area contributed by atoms with Crippen LogP contribution in [0.1, 0.15) is 25.5 Å². The van der Waals surface area contributed by atoms with Crippen LogP contribution in [0.4, 0.5) is 0 Å². The molecule has 20 heavy (non-hydrogen) atoms. The Morgan fingerprint density at radius 3 is 2.35 bits per heavy atom. The summed E-state index contributed by atoms with van der Waals surface area (Å²) in [5.74, 6) is -0.391. The largest absolute Gasteiger partial charge is 0.493 e. The number of para-hydroxylation sites is 1. The van der Waals surface area contributed by atoms with Crippen LogP contribution in [-0.2, 0) is 9.59 Å². The van der Waals surface area contributed by atoms with Crippen LogP contribution in [0.15, 0.2) is 18.2 Å². The number of carboxylic acids is 1. The van der Waals surface area contributed by atoms with E-state index in [2.05, 4.69) is 0 Å². The standard InChI is InChI=1S/C14H19NO5/c1-9(2)15(8-16)12(14(17)18)10-6-5-7-11(19-3)13(10)20-4/h5-9,12H,1-4H3,(H,17,18). The van der Waals surface area contributed by atoms with E-state index in [1.54, 1.807) is 32.0 Å². The molecule has 0 aromatic heterocycles. The Kier molecular flexibility index (Phi) is 5.37. The molecule has 0 aliphatic rings. The molecule has 0 bridgehead atoms. The Morgan fingerprint density at radius 2 is 1.95 bits per heavy atom. The summed E-state index contributed by atoms with van der Waals surface area (Å²) >= 11 is 0. The zero-order chi connectivity index (χ0) is 15.3. The summed E-state index contributed by atoms with van der Waals surface area (Å²) in [6.07, 6.45) is 0.530. The zero-order valence-corrected chi connectivity index (χ0v) is 12.0. The van der Waals surface area contributed by atoms with Gasteiger partial charge in [-0.1, -0.05) is 12.1 Å². The van der Waals surface area contributed by atoms with Crippen LogP contribution < -0.4 is 9.47 Å². The molecule has 0 saturated heterocycles. The molecular weight excluding hydrogens is 262 g/mol. The second kappa shape index (κ2) is 6.79. The van der Waals surface area contributed by atoms with Crippen LogP contribution in [0.2, 0.25) is 0 Å². The van der Waals surface area contributed by atoms with Gasteiger partial charge in [-0.25, -0.2) is 4.79 Å². The topological polar surface area (TPSA) is 76.1 Å². The van der Waals surface area contributed by atoms with Crippen LogP contribution >= 0.6 is 0 Å². The molecule has 1 N–H and O–H groups in total. The third-order valence-corrected chi connectivity index (χ3v) is 2.98. The van der Waals surface area contributed by atoms with Crippen molar-refractivity contribution < 1.29 is 24.2 Å². The van der Waals surface area contributed by atoms with Crippen LogP contribution in [0, 0.1) is 0 Å². The number of amides is 1. The third kappa shape index (κ3) is 3.01. The van der Waals surface area contributed by atoms with Gasteiger partial charge in [0.1, 0.15) is 0 Å². The van der Waals surface area contributed by atoms with Gasteiger partial charge in [0, 0.05) is 11.6 Å². The number of hydrogen-bond donors (Lipinski definition) is 1. The Balaban J connectivity index is 3.42. The van der Waals surface area contributed by atoms with Gasteiger partial charge in [0.25, 0.3) is 0 Å². The molecule has 1 aromatic rings. The number of rotatable bonds is 7. The summed E-state index contributed by atoms with van der Waals surface area (Å²) < 4.78 is 10.4. The highest BCUT2D eigenvalue weighted by Gasteiger charge is 2.32. The van der Waals surface area contributed by atoms with Crippen molar-refractivity contribution in [2.45, 2.75) is 25.9 Å². The molecule has 0 aliphatic heterocycles. The Hall–Kier alpha value is -2.24. The van der Waals surface area contributed by atoms with Gasteiger partial charge in [-0.3, -0.25) is 4.79 Å². The first kappa shape index (κ1) is 15.8. The molecule has 0 heterocycles. The van der Waals surface area contributed by atoms with E-state index in [1.807, 2.05) is 0 Å². The number of hydrogen-bond acceptors (Lipinski definition) is 4. The van der Waals surface area contributed by atoms with E-state index in [9.17, 15) is 14.7 Å². The lowest BCUT2D eigenvalue weighted by molar-refractivity contribution is -0.148. The average molecular weight is 281 g/mol. The summed E-state index contributed by atoms with van der Waals surface area (Å²) in [6.45, 7) is 3.49. The molecule has 1 amide bonds. The molecule has 1 aromatic carbocycles. The summed E-state index contributed by atoms with van der Waals surface area (Å²) in [6, 6.07) is 3.55. The number of carboxylic acid groups (broad SMARTS) is 1. The fraction of sp³-hybridized carbons (Fsp3) is 0.429. The van der Waals surface area contributed by atoms with Crippen molar-refractivity contribution in [2.75, 3.05) is 14.2 Å². The second-order valence-corrected chi connectivity index (χ2v) is 4.47. The minimum Gasteiger partial charge on any atom is -0.493 e. The molecule has 0 spiro atoms. The van der Waals surface area contributed by atoms with Gasteiger partial charge in [-0.2, -0.15) is 0 Å². The number of nitrogens with zero attached hydrogens (tertiary/aromatic N) is 1. The predicted molar refractivity (Wildman–Crippen MR) is 73.0 cm³/mol. The SMILES string of the molecule is COc1cccc(C(C(=O)O)N(C=O)C(C)C)c1OC. The predicted octanol–water partition coefficient (Wildman–Crippen LogP) is 1.70. The molecule has 0 fully saturated rings. The maximum absolute atomic E-state index is 11.6. The van der Waals surface area contributed by atoms with Crippen LogP contribution in [0.5, 0.6) is 11.5 Å². The first-order chi connectivity index (χ1) is 9.47. The molecule has 0 radical (unpaired) electrons. The van der Waals surface area contributed by atoms with Crippen molar-refractivity contribution in [3.63, 3.8) is 0 Å². The Bertz CT molecular complexity index is 486. The highest BCUT2D eigenvalue weighted by atomic mass is 16.5. The van der Waals surface area contributed by atoms with E-state index in [1.165, 1.54) is 19.1 Å². The molecule has 1 rings (SSSR count). The molecular formula is C14H19NO5. The molecule has 1 atom stereocenters. The van der Waals surface area contributed by atoms with E-state index in [-0.39, 0.29) is 6.04 Å². The van der Waals surface area contributed by atoms with Crippen molar-refractivity contribution >= 4 is 12.4 Å². The van der Waals surface area contributed by atoms with Gasteiger partial charge in [0.2, 0.25) is 6.41 Å². The first-order valence-corrected chi connectivity index (χ1v) is 6.14. The number of aliphatic carboxylic acids is 1. The average Bonchev–Trinajstić information content (AvgIpc) is 2.42. The van der Waals surface area contributed by atoms with Gasteiger partial charge in [-0.05, 0) is 19.9 Å². The highest BCUT2D eigenvalue weighted by Crippen LogP contribution is 2.37. The second-order valence-electron chi connectivity index (χ2n) is 4.47. The number of benzene rings is 1. The van der Waals surface area contributed by atoms with Crippen molar-refractivity contribution in [3.8, 4) is 11.5 Å². The van der Waals surface area contributed by atoms with E-state index in [0.29, 0.717) is 23.5 Å². The van der Waals surface area contributed by atoms with Gasteiger partial charge in [0.15, 0.2) is 17.5 Å². The number of carbonyl (C=O) groups is 2. The van der Waals surface area contributed by atoms with Gasteiger partial charge in [0.05, 0.1) is 14.2 Å². The Morgan fingerprint density at radius 1 is 1.30 bits per heavy atom. The third-order valence-electron chi connectivity index (χ3n) is 2.98. The maximum Gasteiger partial charge on any atom is 0.331 e. The lowest BCUT2D eigenvalue weighted by Gasteiger charge is -2.30. The summed E-state index contributed by atoms with van der Waals surface area (Å²) in [4.78, 5) is 24.0. The molecule has 6 heteroatoms. The smallest absolute Gasteiger partial charge is 0.331 e. The van der Waals surface area contributed by atoms with Gasteiger partial charge >= 0.3 is 5.97 Å². The first-order valence-electron chi connectivity index (χ1n) is 6.14. The quantitative estimate of drug-likeness (QED) is 0.770. The molecule has 0 aliphatic carbocycles. The number of methoxy groups -OCH3 is 2. The highest BCUT2D eigenvalue weighted by molar-refractivity contribution is 5.80. The van der Waals surface area contributed by atoms with Gasteiger partial charge < -0.3 is 19.5 Å². The lowest BCUT2D eigenvalue weighted by Crippen LogP contribution is -2.38. The fourth-order valence-electron chi connectivity index (χ4n) is 2.03. The van der Waals surface area contributed by atoms with Crippen LogP contribution in [0.3, 0.4) is 0 Å². The van der Waals surface area contributed by atoms with Gasteiger partial charge in [-0.15, -0.1) is 0 Å². The summed E-state index contributed by atoms with van der Waals surface area (Å²) in [5.41, 5.74) is 0.375. The van der Waals surface area contributed by atoms with Crippen LogP contribution in [0.25, 0.3) is 0 Å². The lowest BCUT2D eigenvalue weighted by atomic mass is 10.0. The number of carbonyl (C=O) groups excluding carboxylic acids is 1. The summed E-state index contributed by atoms with van der Waals surface area (Å²) in [5, 5.41) is 9.46. The summed E-state index contributed by atoms with van der Waals surface area (Å²) in [7, 11) is 2.90. The molecule has 110 valence electrons. The van der Waals surface area contributed by atoms with E-state index >= 15 is 0 Å². The molecule has 1 unspecified atom stereocenters. The van der Waals surface area contributed by atoms with E-state index in [4.69, 9.17) is 9.47 Å². The van der Waals surface area contributed by atoms with Crippen LogP contribution in [-0.4, -0.2) is 42.6 Å².